The number of amides is 3. The van der Waals surface area contributed by atoms with Gasteiger partial charge >= 0.3 is 6.03 Å². The van der Waals surface area contributed by atoms with Crippen molar-refractivity contribution < 1.29 is 9.59 Å². The summed E-state index contributed by atoms with van der Waals surface area (Å²) >= 11 is 1.48. The standard InChI is InChI=1S/C12H18N4O2S/c1-8-9(2)19-11(13-8)14-12(18)16-6-4-15(5-7-16)10(3)17/h4-7H2,1-3H3,(H,13,14,18). The minimum absolute atomic E-state index is 0.0613. The van der Waals surface area contributed by atoms with E-state index in [1.165, 1.54) is 11.3 Å². The first-order chi connectivity index (χ1) is 8.97. The molecule has 0 aliphatic carbocycles. The highest BCUT2D eigenvalue weighted by Gasteiger charge is 2.22. The third-order valence-electron chi connectivity index (χ3n) is 3.25. The zero-order valence-corrected chi connectivity index (χ0v) is 12.2. The Hall–Kier alpha value is -1.63. The quantitative estimate of drug-likeness (QED) is 0.848. The molecule has 19 heavy (non-hydrogen) atoms. The van der Waals surface area contributed by atoms with Crippen LogP contribution >= 0.6 is 11.3 Å². The summed E-state index contributed by atoms with van der Waals surface area (Å²) in [6, 6.07) is -0.142. The van der Waals surface area contributed by atoms with Crippen molar-refractivity contribution in [1.82, 2.24) is 14.8 Å². The summed E-state index contributed by atoms with van der Waals surface area (Å²) in [6.07, 6.45) is 0. The number of urea groups is 1. The van der Waals surface area contributed by atoms with Crippen LogP contribution in [-0.4, -0.2) is 52.9 Å². The highest BCUT2D eigenvalue weighted by Crippen LogP contribution is 2.21. The van der Waals surface area contributed by atoms with E-state index in [9.17, 15) is 9.59 Å². The second-order valence-corrected chi connectivity index (χ2v) is 5.79. The van der Waals surface area contributed by atoms with Crippen LogP contribution in [0.15, 0.2) is 0 Å². The Bertz CT molecular complexity index is 472. The number of carbonyl (C=O) groups excluding carboxylic acids is 2. The molecular weight excluding hydrogens is 264 g/mol. The van der Waals surface area contributed by atoms with E-state index in [2.05, 4.69) is 10.3 Å². The molecule has 3 amide bonds. The maximum atomic E-state index is 12.0. The molecule has 1 aromatic rings. The number of carbonyl (C=O) groups is 2. The summed E-state index contributed by atoms with van der Waals surface area (Å²) < 4.78 is 0. The molecule has 0 aromatic carbocycles. The van der Waals surface area contributed by atoms with Gasteiger partial charge in [0.25, 0.3) is 0 Å². The Labute approximate surface area is 116 Å². The Morgan fingerprint density at radius 3 is 2.21 bits per heavy atom. The van der Waals surface area contributed by atoms with Crippen molar-refractivity contribution in [3.8, 4) is 0 Å². The molecule has 1 N–H and O–H groups in total. The van der Waals surface area contributed by atoms with Crippen LogP contribution in [0.4, 0.5) is 9.93 Å². The van der Waals surface area contributed by atoms with Crippen molar-refractivity contribution in [2.45, 2.75) is 20.8 Å². The molecule has 1 fully saturated rings. The maximum absolute atomic E-state index is 12.0. The van der Waals surface area contributed by atoms with E-state index in [4.69, 9.17) is 0 Å². The molecule has 2 heterocycles. The molecule has 0 saturated carbocycles. The van der Waals surface area contributed by atoms with E-state index < -0.39 is 0 Å². The summed E-state index contributed by atoms with van der Waals surface area (Å²) in [6.45, 7) is 7.78. The summed E-state index contributed by atoms with van der Waals surface area (Å²) in [7, 11) is 0. The molecule has 1 aliphatic rings. The van der Waals surface area contributed by atoms with Gasteiger partial charge in [0.05, 0.1) is 5.69 Å². The molecule has 0 bridgehead atoms. The average Bonchev–Trinajstić information content (AvgIpc) is 2.68. The van der Waals surface area contributed by atoms with E-state index in [1.54, 1.807) is 16.7 Å². The van der Waals surface area contributed by atoms with Crippen LogP contribution in [-0.2, 0) is 4.79 Å². The lowest BCUT2D eigenvalue weighted by molar-refractivity contribution is -0.130. The van der Waals surface area contributed by atoms with Crippen LogP contribution in [0.2, 0.25) is 0 Å². The van der Waals surface area contributed by atoms with Crippen molar-refractivity contribution >= 4 is 28.4 Å². The third-order valence-corrected chi connectivity index (χ3v) is 4.24. The van der Waals surface area contributed by atoms with Gasteiger partial charge in [-0.1, -0.05) is 0 Å². The van der Waals surface area contributed by atoms with E-state index in [0.29, 0.717) is 31.3 Å². The SMILES string of the molecule is CC(=O)N1CCN(C(=O)Nc2nc(C)c(C)s2)CC1. The van der Waals surface area contributed by atoms with Gasteiger partial charge in [-0.3, -0.25) is 10.1 Å². The van der Waals surface area contributed by atoms with Crippen LogP contribution in [0.1, 0.15) is 17.5 Å². The Balaban J connectivity index is 1.89. The molecule has 2 rings (SSSR count). The van der Waals surface area contributed by atoms with Gasteiger partial charge in [-0.05, 0) is 13.8 Å². The lowest BCUT2D eigenvalue weighted by Crippen LogP contribution is -2.51. The second kappa shape index (κ2) is 5.56. The molecule has 7 heteroatoms. The monoisotopic (exact) mass is 282 g/mol. The number of hydrogen-bond acceptors (Lipinski definition) is 4. The van der Waals surface area contributed by atoms with Crippen LogP contribution in [0, 0.1) is 13.8 Å². The normalized spacial score (nSPS) is 15.5. The summed E-state index contributed by atoms with van der Waals surface area (Å²) in [5.74, 6) is 0.0613. The van der Waals surface area contributed by atoms with Gasteiger partial charge in [-0.25, -0.2) is 9.78 Å². The van der Waals surface area contributed by atoms with Crippen LogP contribution in [0.5, 0.6) is 0 Å². The van der Waals surface area contributed by atoms with Crippen molar-refractivity contribution in [1.29, 1.82) is 0 Å². The molecule has 0 radical (unpaired) electrons. The summed E-state index contributed by atoms with van der Waals surface area (Å²) in [5.41, 5.74) is 0.946. The van der Waals surface area contributed by atoms with Gasteiger partial charge in [0.15, 0.2) is 5.13 Å². The fraction of sp³-hybridized carbons (Fsp3) is 0.583. The second-order valence-electron chi connectivity index (χ2n) is 4.58. The van der Waals surface area contributed by atoms with Crippen LogP contribution in [0.25, 0.3) is 0 Å². The Kier molecular flexibility index (Phi) is 4.04. The highest BCUT2D eigenvalue weighted by atomic mass is 32.1. The molecule has 0 spiro atoms. The van der Waals surface area contributed by atoms with E-state index in [1.807, 2.05) is 13.8 Å². The summed E-state index contributed by atoms with van der Waals surface area (Å²) in [5, 5.41) is 3.44. The molecule has 1 saturated heterocycles. The lowest BCUT2D eigenvalue weighted by Gasteiger charge is -2.33. The van der Waals surface area contributed by atoms with Crippen molar-refractivity contribution in [2.24, 2.45) is 0 Å². The van der Waals surface area contributed by atoms with Crippen LogP contribution < -0.4 is 5.32 Å². The van der Waals surface area contributed by atoms with Crippen molar-refractivity contribution in [2.75, 3.05) is 31.5 Å². The maximum Gasteiger partial charge on any atom is 0.323 e. The van der Waals surface area contributed by atoms with Gasteiger partial charge in [0, 0.05) is 38.0 Å². The molecule has 1 aromatic heterocycles. The smallest absolute Gasteiger partial charge is 0.323 e. The Morgan fingerprint density at radius 1 is 1.16 bits per heavy atom. The van der Waals surface area contributed by atoms with Crippen LogP contribution in [0.3, 0.4) is 0 Å². The summed E-state index contributed by atoms with van der Waals surface area (Å²) in [4.78, 5) is 32.1. The minimum Gasteiger partial charge on any atom is -0.339 e. The molecule has 0 atom stereocenters. The number of hydrogen-bond donors (Lipinski definition) is 1. The third kappa shape index (κ3) is 3.23. The number of aryl methyl sites for hydroxylation is 2. The minimum atomic E-state index is -0.142. The fourth-order valence-electron chi connectivity index (χ4n) is 1.92. The van der Waals surface area contributed by atoms with E-state index in [-0.39, 0.29) is 11.9 Å². The number of aromatic nitrogens is 1. The molecule has 104 valence electrons. The first-order valence-corrected chi connectivity index (χ1v) is 7.04. The highest BCUT2D eigenvalue weighted by molar-refractivity contribution is 7.15. The van der Waals surface area contributed by atoms with Gasteiger partial charge in [0.1, 0.15) is 0 Å². The number of anilines is 1. The van der Waals surface area contributed by atoms with Crippen molar-refractivity contribution in [3.05, 3.63) is 10.6 Å². The molecule has 1 aliphatic heterocycles. The first-order valence-electron chi connectivity index (χ1n) is 6.23. The molecule has 6 nitrogen and oxygen atoms in total. The molecule has 0 unspecified atom stereocenters. The predicted molar refractivity (Wildman–Crippen MR) is 74.4 cm³/mol. The number of thiazole rings is 1. The number of nitrogens with zero attached hydrogens (tertiary/aromatic N) is 3. The number of rotatable bonds is 1. The predicted octanol–water partition coefficient (Wildman–Crippen LogP) is 1.46. The average molecular weight is 282 g/mol. The molecular formula is C12H18N4O2S. The number of nitrogens with one attached hydrogen (secondary N) is 1. The van der Waals surface area contributed by atoms with Gasteiger partial charge in [-0.2, -0.15) is 0 Å². The fourth-order valence-corrected chi connectivity index (χ4v) is 2.73. The zero-order chi connectivity index (χ0) is 14.0. The van der Waals surface area contributed by atoms with Crippen molar-refractivity contribution in [3.63, 3.8) is 0 Å². The first kappa shape index (κ1) is 13.8. The lowest BCUT2D eigenvalue weighted by atomic mass is 10.3. The van der Waals surface area contributed by atoms with Gasteiger partial charge in [0.2, 0.25) is 5.91 Å². The van der Waals surface area contributed by atoms with E-state index in [0.717, 1.165) is 10.6 Å². The topological polar surface area (TPSA) is 65.5 Å². The van der Waals surface area contributed by atoms with E-state index >= 15 is 0 Å². The largest absolute Gasteiger partial charge is 0.339 e. The zero-order valence-electron chi connectivity index (χ0n) is 11.4. The Morgan fingerprint density at radius 2 is 1.74 bits per heavy atom. The van der Waals surface area contributed by atoms with Gasteiger partial charge in [-0.15, -0.1) is 11.3 Å². The van der Waals surface area contributed by atoms with Gasteiger partial charge < -0.3 is 9.80 Å². The number of piperazine rings is 1.